The molecule has 5 heteroatoms. The van der Waals surface area contributed by atoms with E-state index in [1.165, 1.54) is 10.4 Å². The van der Waals surface area contributed by atoms with Crippen molar-refractivity contribution in [3.63, 3.8) is 0 Å². The van der Waals surface area contributed by atoms with E-state index in [0.717, 1.165) is 10.2 Å². The van der Waals surface area contributed by atoms with Crippen molar-refractivity contribution in [1.82, 2.24) is 0 Å². The van der Waals surface area contributed by atoms with Crippen molar-refractivity contribution < 1.29 is 0 Å². The molecule has 0 fully saturated rings. The quantitative estimate of drug-likeness (QED) is 0.503. The number of thiophene rings is 1. The Morgan fingerprint density at radius 2 is 1.88 bits per heavy atom. The first kappa shape index (κ1) is 13.9. The topological polar surface area (TPSA) is 0 Å². The highest BCUT2D eigenvalue weighted by Crippen LogP contribution is 2.35. The Hall–Kier alpha value is 0.460. The van der Waals surface area contributed by atoms with Crippen molar-refractivity contribution in [3.05, 3.63) is 54.6 Å². The summed E-state index contributed by atoms with van der Waals surface area (Å²) in [7, 11) is 0. The fourth-order valence-corrected chi connectivity index (χ4v) is 4.00. The molecular weight excluding hydrogens is 407 g/mol. The summed E-state index contributed by atoms with van der Waals surface area (Å²) in [6, 6.07) is 9.93. The van der Waals surface area contributed by atoms with Gasteiger partial charge in [-0.1, -0.05) is 45.2 Å². The highest BCUT2D eigenvalue weighted by Gasteiger charge is 2.11. The Morgan fingerprint density at radius 1 is 1.12 bits per heavy atom. The SMILES string of the molecule is Clc1ccc(CC(Br)c2ccc(Br)s2)cc1Cl. The summed E-state index contributed by atoms with van der Waals surface area (Å²) >= 11 is 20.8. The Labute approximate surface area is 131 Å². The van der Waals surface area contributed by atoms with Crippen molar-refractivity contribution >= 4 is 66.4 Å². The van der Waals surface area contributed by atoms with Crippen molar-refractivity contribution in [2.24, 2.45) is 0 Å². The van der Waals surface area contributed by atoms with Crippen LogP contribution in [0.5, 0.6) is 0 Å². The smallest absolute Gasteiger partial charge is 0.0701 e. The molecule has 0 amide bonds. The molecule has 1 unspecified atom stereocenters. The first-order chi connectivity index (χ1) is 8.06. The van der Waals surface area contributed by atoms with E-state index in [1.807, 2.05) is 18.2 Å². The molecule has 0 saturated heterocycles. The molecule has 2 aromatic rings. The highest BCUT2D eigenvalue weighted by molar-refractivity contribution is 9.11. The third-order valence-corrected chi connectivity index (χ3v) is 5.90. The van der Waals surface area contributed by atoms with Crippen molar-refractivity contribution in [2.45, 2.75) is 11.2 Å². The molecule has 17 heavy (non-hydrogen) atoms. The number of halogens is 4. The lowest BCUT2D eigenvalue weighted by atomic mass is 10.1. The molecule has 1 heterocycles. The summed E-state index contributed by atoms with van der Waals surface area (Å²) in [6.45, 7) is 0. The highest BCUT2D eigenvalue weighted by atomic mass is 79.9. The molecule has 90 valence electrons. The molecule has 1 aromatic heterocycles. The van der Waals surface area contributed by atoms with Crippen LogP contribution in [0, 0.1) is 0 Å². The number of hydrogen-bond donors (Lipinski definition) is 0. The third-order valence-electron chi connectivity index (χ3n) is 2.30. The third kappa shape index (κ3) is 3.71. The fourth-order valence-electron chi connectivity index (χ4n) is 1.47. The zero-order valence-electron chi connectivity index (χ0n) is 8.59. The predicted molar refractivity (Wildman–Crippen MR) is 83.9 cm³/mol. The van der Waals surface area contributed by atoms with Gasteiger partial charge in [-0.15, -0.1) is 11.3 Å². The van der Waals surface area contributed by atoms with E-state index in [9.17, 15) is 0 Å². The minimum atomic E-state index is 0.302. The van der Waals surface area contributed by atoms with E-state index in [2.05, 4.69) is 44.0 Å². The molecular formula is C12H8Br2Cl2S. The number of alkyl halides is 1. The van der Waals surface area contributed by atoms with E-state index in [-0.39, 0.29) is 0 Å². The van der Waals surface area contributed by atoms with E-state index < -0.39 is 0 Å². The second-order valence-corrected chi connectivity index (χ2v) is 7.98. The molecule has 0 aliphatic carbocycles. The monoisotopic (exact) mass is 412 g/mol. The van der Waals surface area contributed by atoms with Gasteiger partial charge in [0, 0.05) is 4.88 Å². The molecule has 1 aromatic carbocycles. The first-order valence-electron chi connectivity index (χ1n) is 4.89. The minimum absolute atomic E-state index is 0.302. The Bertz CT molecular complexity index is 525. The van der Waals surface area contributed by atoms with Gasteiger partial charge >= 0.3 is 0 Å². The van der Waals surface area contributed by atoms with Gasteiger partial charge in [0.25, 0.3) is 0 Å². The average molecular weight is 415 g/mol. The molecule has 0 aliphatic rings. The van der Waals surface area contributed by atoms with Crippen LogP contribution in [0.3, 0.4) is 0 Å². The van der Waals surface area contributed by atoms with E-state index in [1.54, 1.807) is 11.3 Å². The maximum absolute atomic E-state index is 6.00. The van der Waals surface area contributed by atoms with Gasteiger partial charge in [0.05, 0.1) is 18.7 Å². The number of benzene rings is 1. The van der Waals surface area contributed by atoms with Crippen LogP contribution in [0.25, 0.3) is 0 Å². The second kappa shape index (κ2) is 6.07. The maximum atomic E-state index is 6.00. The van der Waals surface area contributed by atoms with Gasteiger partial charge in [-0.3, -0.25) is 0 Å². The maximum Gasteiger partial charge on any atom is 0.0701 e. The standard InChI is InChI=1S/C12H8Br2Cl2S/c13-8(11-3-4-12(14)17-11)5-7-1-2-9(15)10(16)6-7/h1-4,6,8H,5H2. The lowest BCUT2D eigenvalue weighted by Crippen LogP contribution is -1.92. The average Bonchev–Trinajstić information content (AvgIpc) is 2.70. The largest absolute Gasteiger partial charge is 0.132 e. The van der Waals surface area contributed by atoms with Gasteiger partial charge < -0.3 is 0 Å². The van der Waals surface area contributed by atoms with Crippen LogP contribution in [-0.4, -0.2) is 0 Å². The van der Waals surface area contributed by atoms with E-state index in [0.29, 0.717) is 14.9 Å². The molecule has 0 aliphatic heterocycles. The summed E-state index contributed by atoms with van der Waals surface area (Å²) < 4.78 is 1.14. The van der Waals surface area contributed by atoms with Crippen molar-refractivity contribution in [3.8, 4) is 0 Å². The minimum Gasteiger partial charge on any atom is -0.132 e. The summed E-state index contributed by atoms with van der Waals surface area (Å²) in [6.07, 6.45) is 0.893. The molecule has 0 nitrogen and oxygen atoms in total. The Balaban J connectivity index is 2.12. The molecule has 2 rings (SSSR count). The summed E-state index contributed by atoms with van der Waals surface area (Å²) in [4.78, 5) is 1.60. The predicted octanol–water partition coefficient (Wildman–Crippen LogP) is 6.50. The van der Waals surface area contributed by atoms with Crippen LogP contribution in [0.4, 0.5) is 0 Å². The van der Waals surface area contributed by atoms with Crippen LogP contribution in [0.15, 0.2) is 34.1 Å². The normalized spacial score (nSPS) is 12.7. The van der Waals surface area contributed by atoms with Crippen LogP contribution < -0.4 is 0 Å². The van der Waals surface area contributed by atoms with Crippen LogP contribution in [-0.2, 0) is 6.42 Å². The molecule has 0 N–H and O–H groups in total. The molecule has 0 bridgehead atoms. The fraction of sp³-hybridized carbons (Fsp3) is 0.167. The molecule has 1 atom stereocenters. The van der Waals surface area contributed by atoms with Crippen molar-refractivity contribution in [1.29, 1.82) is 0 Å². The first-order valence-corrected chi connectivity index (χ1v) is 8.17. The van der Waals surface area contributed by atoms with Gasteiger partial charge in [-0.2, -0.15) is 0 Å². The summed E-state index contributed by atoms with van der Waals surface area (Å²) in [5.74, 6) is 0. The van der Waals surface area contributed by atoms with Crippen LogP contribution >= 0.6 is 66.4 Å². The lowest BCUT2D eigenvalue weighted by Gasteiger charge is -2.08. The van der Waals surface area contributed by atoms with Crippen molar-refractivity contribution in [2.75, 3.05) is 0 Å². The van der Waals surface area contributed by atoms with E-state index >= 15 is 0 Å². The van der Waals surface area contributed by atoms with Crippen LogP contribution in [0.2, 0.25) is 10.0 Å². The second-order valence-electron chi connectivity index (χ2n) is 3.56. The van der Waals surface area contributed by atoms with Gasteiger partial charge in [0.15, 0.2) is 0 Å². The molecule has 0 spiro atoms. The van der Waals surface area contributed by atoms with Crippen LogP contribution in [0.1, 0.15) is 15.3 Å². The van der Waals surface area contributed by atoms with Gasteiger partial charge in [-0.25, -0.2) is 0 Å². The number of rotatable bonds is 3. The molecule has 0 radical (unpaired) electrons. The molecule has 0 saturated carbocycles. The zero-order chi connectivity index (χ0) is 12.4. The lowest BCUT2D eigenvalue weighted by molar-refractivity contribution is 0.970. The number of hydrogen-bond acceptors (Lipinski definition) is 1. The van der Waals surface area contributed by atoms with E-state index in [4.69, 9.17) is 23.2 Å². The van der Waals surface area contributed by atoms with Gasteiger partial charge in [0.1, 0.15) is 0 Å². The zero-order valence-corrected chi connectivity index (χ0v) is 14.1. The summed E-state index contributed by atoms with van der Waals surface area (Å²) in [5, 5.41) is 1.21. The Kier molecular flexibility index (Phi) is 4.96. The Morgan fingerprint density at radius 3 is 2.47 bits per heavy atom. The van der Waals surface area contributed by atoms with Gasteiger partial charge in [-0.05, 0) is 52.2 Å². The summed E-state index contributed by atoms with van der Waals surface area (Å²) in [5.41, 5.74) is 1.17. The van der Waals surface area contributed by atoms with Gasteiger partial charge in [0.2, 0.25) is 0 Å².